The molecule has 86 valence electrons. The first kappa shape index (κ1) is 11.0. The molecule has 3 N–H and O–H groups in total. The van der Waals surface area contributed by atoms with E-state index < -0.39 is 6.09 Å². The van der Waals surface area contributed by atoms with Crippen LogP contribution in [0.5, 0.6) is 0 Å². The maximum Gasteiger partial charge on any atom is 0.407 e. The molecule has 4 nitrogen and oxygen atoms in total. The first-order chi connectivity index (χ1) is 7.68. The second kappa shape index (κ2) is 4.53. The molecular formula is C12H16N2O2. The third-order valence-corrected chi connectivity index (χ3v) is 3.19. The maximum absolute atomic E-state index is 10.8. The summed E-state index contributed by atoms with van der Waals surface area (Å²) in [6.07, 6.45) is 0.00490. The van der Waals surface area contributed by atoms with Gasteiger partial charge in [-0.2, -0.15) is 0 Å². The van der Waals surface area contributed by atoms with E-state index in [2.05, 4.69) is 0 Å². The number of benzene rings is 1. The van der Waals surface area contributed by atoms with Crippen LogP contribution in [0.3, 0.4) is 0 Å². The normalized spacial score (nSPS) is 22.1. The molecule has 2 rings (SSSR count). The zero-order chi connectivity index (χ0) is 11.5. The van der Waals surface area contributed by atoms with Crippen LogP contribution in [0.25, 0.3) is 0 Å². The fraction of sp³-hybridized carbons (Fsp3) is 0.417. The van der Waals surface area contributed by atoms with Crippen LogP contribution in [-0.4, -0.2) is 29.2 Å². The van der Waals surface area contributed by atoms with Crippen LogP contribution in [0.2, 0.25) is 0 Å². The van der Waals surface area contributed by atoms with Gasteiger partial charge in [0, 0.05) is 19.1 Å². The zero-order valence-corrected chi connectivity index (χ0v) is 9.04. The molecule has 0 aliphatic carbocycles. The minimum atomic E-state index is -0.845. The van der Waals surface area contributed by atoms with Gasteiger partial charge in [0.2, 0.25) is 0 Å². The van der Waals surface area contributed by atoms with Crippen molar-refractivity contribution in [2.75, 3.05) is 13.1 Å². The summed E-state index contributed by atoms with van der Waals surface area (Å²) in [5, 5.41) is 8.87. The average molecular weight is 220 g/mol. The molecule has 1 amide bonds. The lowest BCUT2D eigenvalue weighted by Crippen LogP contribution is -2.29. The molecule has 2 unspecified atom stereocenters. The molecule has 1 aliphatic heterocycles. The van der Waals surface area contributed by atoms with E-state index in [0.717, 1.165) is 12.0 Å². The van der Waals surface area contributed by atoms with E-state index in [1.807, 2.05) is 30.3 Å². The lowest BCUT2D eigenvalue weighted by molar-refractivity contribution is 0.153. The molecule has 4 heteroatoms. The Hall–Kier alpha value is -1.55. The number of hydrogen-bond acceptors (Lipinski definition) is 2. The second-order valence-electron chi connectivity index (χ2n) is 4.21. The van der Waals surface area contributed by atoms with Crippen molar-refractivity contribution in [2.24, 2.45) is 11.7 Å². The number of nitrogens with two attached hydrogens (primary N) is 1. The number of nitrogens with zero attached hydrogens (tertiary/aromatic N) is 1. The Labute approximate surface area is 94.7 Å². The smallest absolute Gasteiger partial charge is 0.407 e. The van der Waals surface area contributed by atoms with Gasteiger partial charge in [-0.3, -0.25) is 0 Å². The van der Waals surface area contributed by atoms with Crippen LogP contribution in [0, 0.1) is 5.92 Å². The van der Waals surface area contributed by atoms with Crippen molar-refractivity contribution in [3.8, 4) is 0 Å². The summed E-state index contributed by atoms with van der Waals surface area (Å²) < 4.78 is 0. The van der Waals surface area contributed by atoms with Crippen molar-refractivity contribution in [3.63, 3.8) is 0 Å². The minimum Gasteiger partial charge on any atom is -0.465 e. The molecule has 0 radical (unpaired) electrons. The molecule has 1 aromatic carbocycles. The lowest BCUT2D eigenvalue weighted by Gasteiger charge is -2.19. The van der Waals surface area contributed by atoms with E-state index >= 15 is 0 Å². The summed E-state index contributed by atoms with van der Waals surface area (Å²) in [5.74, 6) is 0.235. The Bertz CT molecular complexity index is 367. The average Bonchev–Trinajstić information content (AvgIpc) is 2.78. The summed E-state index contributed by atoms with van der Waals surface area (Å²) in [6, 6.07) is 9.79. The van der Waals surface area contributed by atoms with Crippen LogP contribution in [-0.2, 0) is 0 Å². The van der Waals surface area contributed by atoms with Gasteiger partial charge >= 0.3 is 6.09 Å². The minimum absolute atomic E-state index is 0.0643. The highest BCUT2D eigenvalue weighted by Crippen LogP contribution is 2.27. The van der Waals surface area contributed by atoms with Gasteiger partial charge in [0.05, 0.1) is 0 Å². The van der Waals surface area contributed by atoms with Gasteiger partial charge in [0.25, 0.3) is 0 Å². The largest absolute Gasteiger partial charge is 0.465 e. The fourth-order valence-electron chi connectivity index (χ4n) is 2.20. The van der Waals surface area contributed by atoms with Crippen LogP contribution in [0.15, 0.2) is 30.3 Å². The van der Waals surface area contributed by atoms with E-state index in [4.69, 9.17) is 10.8 Å². The number of rotatable bonds is 2. The number of carboxylic acid groups (broad SMARTS) is 1. The Balaban J connectivity index is 2.02. The summed E-state index contributed by atoms with van der Waals surface area (Å²) in [5.41, 5.74) is 7.23. The van der Waals surface area contributed by atoms with Crippen LogP contribution < -0.4 is 5.73 Å². The molecule has 0 saturated carbocycles. The van der Waals surface area contributed by atoms with E-state index in [1.165, 1.54) is 4.90 Å². The molecule has 16 heavy (non-hydrogen) atoms. The second-order valence-corrected chi connectivity index (χ2v) is 4.21. The van der Waals surface area contributed by atoms with E-state index in [-0.39, 0.29) is 12.0 Å². The maximum atomic E-state index is 10.8. The van der Waals surface area contributed by atoms with Crippen LogP contribution >= 0.6 is 0 Å². The highest BCUT2D eigenvalue weighted by molar-refractivity contribution is 5.65. The lowest BCUT2D eigenvalue weighted by atomic mass is 9.93. The van der Waals surface area contributed by atoms with Gasteiger partial charge in [0.15, 0.2) is 0 Å². The SMILES string of the molecule is NC(c1ccccc1)C1CCN(C(=O)O)C1. The monoisotopic (exact) mass is 220 g/mol. The van der Waals surface area contributed by atoms with Crippen molar-refractivity contribution in [1.29, 1.82) is 0 Å². The topological polar surface area (TPSA) is 66.6 Å². The molecule has 1 fully saturated rings. The first-order valence-electron chi connectivity index (χ1n) is 5.47. The van der Waals surface area contributed by atoms with Crippen LogP contribution in [0.1, 0.15) is 18.0 Å². The molecule has 1 aromatic rings. The predicted molar refractivity (Wildman–Crippen MR) is 61.1 cm³/mol. The Morgan fingerprint density at radius 2 is 2.12 bits per heavy atom. The van der Waals surface area contributed by atoms with Gasteiger partial charge < -0.3 is 15.7 Å². The molecule has 1 heterocycles. The van der Waals surface area contributed by atoms with Gasteiger partial charge in [-0.15, -0.1) is 0 Å². The predicted octanol–water partition coefficient (Wildman–Crippen LogP) is 1.69. The summed E-state index contributed by atoms with van der Waals surface area (Å²) in [6.45, 7) is 1.14. The van der Waals surface area contributed by atoms with Gasteiger partial charge in [-0.25, -0.2) is 4.79 Å². The third-order valence-electron chi connectivity index (χ3n) is 3.19. The van der Waals surface area contributed by atoms with Crippen molar-refractivity contribution in [2.45, 2.75) is 12.5 Å². The van der Waals surface area contributed by atoms with Crippen molar-refractivity contribution in [3.05, 3.63) is 35.9 Å². The first-order valence-corrected chi connectivity index (χ1v) is 5.47. The zero-order valence-electron chi connectivity index (χ0n) is 9.04. The highest BCUT2D eigenvalue weighted by Gasteiger charge is 2.30. The van der Waals surface area contributed by atoms with Gasteiger partial charge in [-0.1, -0.05) is 30.3 Å². The van der Waals surface area contributed by atoms with E-state index in [0.29, 0.717) is 13.1 Å². The molecule has 0 bridgehead atoms. The molecule has 1 aliphatic rings. The third kappa shape index (κ3) is 2.17. The van der Waals surface area contributed by atoms with Crippen molar-refractivity contribution >= 4 is 6.09 Å². The van der Waals surface area contributed by atoms with E-state index in [9.17, 15) is 4.79 Å². The molecule has 0 spiro atoms. The Kier molecular flexibility index (Phi) is 3.10. The number of carbonyl (C=O) groups is 1. The van der Waals surface area contributed by atoms with Gasteiger partial charge in [-0.05, 0) is 17.9 Å². The Morgan fingerprint density at radius 3 is 2.69 bits per heavy atom. The van der Waals surface area contributed by atoms with Crippen LogP contribution in [0.4, 0.5) is 4.79 Å². The number of hydrogen-bond donors (Lipinski definition) is 2. The summed E-state index contributed by atoms with van der Waals surface area (Å²) >= 11 is 0. The highest BCUT2D eigenvalue weighted by atomic mass is 16.4. The Morgan fingerprint density at radius 1 is 1.44 bits per heavy atom. The number of amides is 1. The molecular weight excluding hydrogens is 204 g/mol. The molecule has 0 aromatic heterocycles. The van der Waals surface area contributed by atoms with Crippen molar-refractivity contribution in [1.82, 2.24) is 4.90 Å². The standard InChI is InChI=1S/C12H16N2O2/c13-11(9-4-2-1-3-5-9)10-6-7-14(8-10)12(15)16/h1-5,10-11H,6-8,13H2,(H,15,16). The molecule has 1 saturated heterocycles. The summed E-state index contributed by atoms with van der Waals surface area (Å²) in [4.78, 5) is 12.2. The number of likely N-dealkylation sites (tertiary alicyclic amines) is 1. The van der Waals surface area contributed by atoms with E-state index in [1.54, 1.807) is 0 Å². The quantitative estimate of drug-likeness (QED) is 0.797. The fourth-order valence-corrected chi connectivity index (χ4v) is 2.20. The van der Waals surface area contributed by atoms with Gasteiger partial charge in [0.1, 0.15) is 0 Å². The summed E-state index contributed by atoms with van der Waals surface area (Å²) in [7, 11) is 0. The van der Waals surface area contributed by atoms with Crippen molar-refractivity contribution < 1.29 is 9.90 Å². The molecule has 2 atom stereocenters.